The zero-order valence-corrected chi connectivity index (χ0v) is 9.75. The standard InChI is InChI=1S/C12H12N4O2/c1-8(17)16-12-6-9(4-5-14-12)18-10-2-3-11(13)15-7-10/h2-7H,1H3,(H2,13,15)(H,14,16,17). The Morgan fingerprint density at radius 2 is 2.11 bits per heavy atom. The van der Waals surface area contributed by atoms with E-state index in [0.29, 0.717) is 23.1 Å². The molecule has 6 heteroatoms. The summed E-state index contributed by atoms with van der Waals surface area (Å²) >= 11 is 0. The maximum absolute atomic E-state index is 10.9. The van der Waals surface area contributed by atoms with Crippen molar-refractivity contribution < 1.29 is 9.53 Å². The van der Waals surface area contributed by atoms with Crippen LogP contribution in [0.1, 0.15) is 6.92 Å². The first kappa shape index (κ1) is 11.8. The van der Waals surface area contributed by atoms with Gasteiger partial charge in [0.05, 0.1) is 6.20 Å². The summed E-state index contributed by atoms with van der Waals surface area (Å²) in [6.07, 6.45) is 3.07. The summed E-state index contributed by atoms with van der Waals surface area (Å²) in [7, 11) is 0. The van der Waals surface area contributed by atoms with Crippen LogP contribution in [0, 0.1) is 0 Å². The van der Waals surface area contributed by atoms with E-state index in [2.05, 4.69) is 15.3 Å². The van der Waals surface area contributed by atoms with Crippen molar-refractivity contribution in [2.24, 2.45) is 0 Å². The minimum atomic E-state index is -0.186. The first-order valence-electron chi connectivity index (χ1n) is 5.26. The highest BCUT2D eigenvalue weighted by atomic mass is 16.5. The van der Waals surface area contributed by atoms with E-state index in [0.717, 1.165) is 0 Å². The van der Waals surface area contributed by atoms with Crippen molar-refractivity contribution in [3.63, 3.8) is 0 Å². The fourth-order valence-electron chi connectivity index (χ4n) is 1.31. The average Bonchev–Trinajstić information content (AvgIpc) is 2.32. The molecule has 0 aliphatic rings. The second kappa shape index (κ2) is 5.13. The molecule has 18 heavy (non-hydrogen) atoms. The van der Waals surface area contributed by atoms with Crippen molar-refractivity contribution in [3.8, 4) is 11.5 Å². The molecule has 0 aliphatic carbocycles. The highest BCUT2D eigenvalue weighted by Crippen LogP contribution is 2.22. The Morgan fingerprint density at radius 1 is 1.28 bits per heavy atom. The molecule has 6 nitrogen and oxygen atoms in total. The second-order valence-corrected chi connectivity index (χ2v) is 3.58. The number of hydrogen-bond donors (Lipinski definition) is 2. The Hall–Kier alpha value is -2.63. The Bertz CT molecular complexity index is 554. The molecule has 2 aromatic heterocycles. The molecule has 2 heterocycles. The lowest BCUT2D eigenvalue weighted by Gasteiger charge is -2.07. The number of rotatable bonds is 3. The first-order valence-corrected chi connectivity index (χ1v) is 5.26. The molecule has 2 rings (SSSR count). The van der Waals surface area contributed by atoms with Gasteiger partial charge in [-0.2, -0.15) is 0 Å². The Labute approximate surface area is 104 Å². The van der Waals surface area contributed by atoms with Crippen molar-refractivity contribution in [1.29, 1.82) is 0 Å². The molecule has 0 bridgehead atoms. The third-order valence-corrected chi connectivity index (χ3v) is 2.03. The summed E-state index contributed by atoms with van der Waals surface area (Å²) in [5.74, 6) is 1.79. The summed E-state index contributed by atoms with van der Waals surface area (Å²) < 4.78 is 5.55. The van der Waals surface area contributed by atoms with E-state index < -0.39 is 0 Å². The Morgan fingerprint density at radius 3 is 2.78 bits per heavy atom. The molecule has 0 saturated carbocycles. The van der Waals surface area contributed by atoms with Gasteiger partial charge in [-0.25, -0.2) is 9.97 Å². The number of nitrogens with one attached hydrogen (secondary N) is 1. The van der Waals surface area contributed by atoms with Crippen LogP contribution in [0.25, 0.3) is 0 Å². The molecule has 2 aromatic rings. The lowest BCUT2D eigenvalue weighted by Crippen LogP contribution is -2.07. The predicted molar refractivity (Wildman–Crippen MR) is 67.3 cm³/mol. The van der Waals surface area contributed by atoms with Gasteiger partial charge in [0.15, 0.2) is 0 Å². The Balaban J connectivity index is 2.13. The van der Waals surface area contributed by atoms with Crippen molar-refractivity contribution in [1.82, 2.24) is 9.97 Å². The third kappa shape index (κ3) is 3.18. The number of amides is 1. The van der Waals surface area contributed by atoms with Crippen molar-refractivity contribution in [2.75, 3.05) is 11.1 Å². The zero-order valence-electron chi connectivity index (χ0n) is 9.75. The molecule has 3 N–H and O–H groups in total. The quantitative estimate of drug-likeness (QED) is 0.859. The number of ether oxygens (including phenoxy) is 1. The summed E-state index contributed by atoms with van der Waals surface area (Å²) in [4.78, 5) is 18.8. The van der Waals surface area contributed by atoms with E-state index in [-0.39, 0.29) is 5.91 Å². The van der Waals surface area contributed by atoms with Crippen LogP contribution in [0.4, 0.5) is 11.6 Å². The molecular formula is C12H12N4O2. The normalized spacial score (nSPS) is 9.83. The van der Waals surface area contributed by atoms with Crippen molar-refractivity contribution in [2.45, 2.75) is 6.92 Å². The number of anilines is 2. The predicted octanol–water partition coefficient (Wildman–Crippen LogP) is 1.81. The van der Waals surface area contributed by atoms with Gasteiger partial charge in [-0.3, -0.25) is 4.79 Å². The lowest BCUT2D eigenvalue weighted by atomic mass is 10.4. The molecule has 0 aliphatic heterocycles. The number of nitrogens with two attached hydrogens (primary N) is 1. The van der Waals surface area contributed by atoms with Gasteiger partial charge in [-0.05, 0) is 18.2 Å². The summed E-state index contributed by atoms with van der Waals surface area (Å²) in [6.45, 7) is 1.42. The van der Waals surface area contributed by atoms with Crippen LogP contribution in [0.2, 0.25) is 0 Å². The van der Waals surface area contributed by atoms with Gasteiger partial charge >= 0.3 is 0 Å². The molecule has 92 valence electrons. The third-order valence-electron chi connectivity index (χ3n) is 2.03. The summed E-state index contributed by atoms with van der Waals surface area (Å²) in [6, 6.07) is 6.66. The summed E-state index contributed by atoms with van der Waals surface area (Å²) in [5, 5.41) is 2.57. The highest BCUT2D eigenvalue weighted by Gasteiger charge is 2.01. The molecule has 0 aromatic carbocycles. The van der Waals surface area contributed by atoms with Gasteiger partial charge in [-0.1, -0.05) is 0 Å². The molecule has 0 saturated heterocycles. The number of pyridine rings is 2. The van der Waals surface area contributed by atoms with Gasteiger partial charge in [-0.15, -0.1) is 0 Å². The largest absolute Gasteiger partial charge is 0.456 e. The van der Waals surface area contributed by atoms with E-state index in [1.807, 2.05) is 0 Å². The van der Waals surface area contributed by atoms with Gasteiger partial charge in [0, 0.05) is 19.2 Å². The minimum absolute atomic E-state index is 0.186. The van der Waals surface area contributed by atoms with Crippen LogP contribution in [0.15, 0.2) is 36.7 Å². The molecule has 0 radical (unpaired) electrons. The smallest absolute Gasteiger partial charge is 0.222 e. The number of hydrogen-bond acceptors (Lipinski definition) is 5. The molecular weight excluding hydrogens is 232 g/mol. The minimum Gasteiger partial charge on any atom is -0.456 e. The van der Waals surface area contributed by atoms with Gasteiger partial charge in [0.1, 0.15) is 23.1 Å². The van der Waals surface area contributed by atoms with Gasteiger partial charge in [0.25, 0.3) is 0 Å². The average molecular weight is 244 g/mol. The molecule has 0 spiro atoms. The number of aromatic nitrogens is 2. The Kier molecular flexibility index (Phi) is 3.38. The van der Waals surface area contributed by atoms with Gasteiger partial charge < -0.3 is 15.8 Å². The van der Waals surface area contributed by atoms with Crippen LogP contribution in [0.5, 0.6) is 11.5 Å². The van der Waals surface area contributed by atoms with E-state index in [9.17, 15) is 4.79 Å². The molecule has 0 atom stereocenters. The van der Waals surface area contributed by atoms with Crippen LogP contribution in [0.3, 0.4) is 0 Å². The van der Waals surface area contributed by atoms with E-state index >= 15 is 0 Å². The SMILES string of the molecule is CC(=O)Nc1cc(Oc2ccc(N)nc2)ccn1. The maximum atomic E-state index is 10.9. The number of carbonyl (C=O) groups excluding carboxylic acids is 1. The van der Waals surface area contributed by atoms with Gasteiger partial charge in [0.2, 0.25) is 5.91 Å². The zero-order chi connectivity index (χ0) is 13.0. The molecule has 0 unspecified atom stereocenters. The van der Waals surface area contributed by atoms with Crippen molar-refractivity contribution in [3.05, 3.63) is 36.7 Å². The second-order valence-electron chi connectivity index (χ2n) is 3.58. The van der Waals surface area contributed by atoms with Crippen LogP contribution < -0.4 is 15.8 Å². The first-order chi connectivity index (χ1) is 8.63. The number of nitrogen functional groups attached to an aromatic ring is 1. The van der Waals surface area contributed by atoms with E-state index in [4.69, 9.17) is 10.5 Å². The van der Waals surface area contributed by atoms with E-state index in [1.54, 1.807) is 30.5 Å². The number of carbonyl (C=O) groups is 1. The fraction of sp³-hybridized carbons (Fsp3) is 0.0833. The van der Waals surface area contributed by atoms with Crippen molar-refractivity contribution >= 4 is 17.5 Å². The molecule has 1 amide bonds. The number of nitrogens with zero attached hydrogens (tertiary/aromatic N) is 2. The highest BCUT2D eigenvalue weighted by molar-refractivity contribution is 5.87. The lowest BCUT2D eigenvalue weighted by molar-refractivity contribution is -0.114. The van der Waals surface area contributed by atoms with Crippen LogP contribution in [-0.2, 0) is 4.79 Å². The van der Waals surface area contributed by atoms with Crippen LogP contribution >= 0.6 is 0 Å². The fourth-order valence-corrected chi connectivity index (χ4v) is 1.31. The topological polar surface area (TPSA) is 90.1 Å². The van der Waals surface area contributed by atoms with E-state index in [1.165, 1.54) is 13.1 Å². The molecule has 0 fully saturated rings. The maximum Gasteiger partial charge on any atom is 0.222 e. The van der Waals surface area contributed by atoms with Crippen LogP contribution in [-0.4, -0.2) is 15.9 Å². The summed E-state index contributed by atoms with van der Waals surface area (Å²) in [5.41, 5.74) is 5.47. The monoisotopic (exact) mass is 244 g/mol.